The molecule has 0 saturated heterocycles. The molecule has 2 aromatic rings. The Kier molecular flexibility index (Phi) is 9.29. The number of amides is 1. The van der Waals surface area contributed by atoms with Gasteiger partial charge in [0.05, 0.1) is 36.1 Å². The Morgan fingerprint density at radius 3 is 2.34 bits per heavy atom. The summed E-state index contributed by atoms with van der Waals surface area (Å²) >= 11 is 6.12. The van der Waals surface area contributed by atoms with Crippen LogP contribution in [0, 0.1) is 6.92 Å². The van der Waals surface area contributed by atoms with Crippen molar-refractivity contribution >= 4 is 40.5 Å². The van der Waals surface area contributed by atoms with Gasteiger partial charge < -0.3 is 35.1 Å². The molecule has 1 heterocycles. The van der Waals surface area contributed by atoms with E-state index in [0.29, 0.717) is 53.7 Å². The van der Waals surface area contributed by atoms with Crippen molar-refractivity contribution in [1.29, 1.82) is 0 Å². The first kappa shape index (κ1) is 32.4. The Morgan fingerprint density at radius 2 is 1.70 bits per heavy atom. The highest BCUT2D eigenvalue weighted by Gasteiger charge is 2.56. The molecule has 2 aromatic carbocycles. The van der Waals surface area contributed by atoms with Crippen molar-refractivity contribution in [1.82, 2.24) is 5.32 Å². The number of rotatable bonds is 11. The molecule has 2 aliphatic rings. The first-order chi connectivity index (χ1) is 20.8. The number of methoxy groups -OCH3 is 2. The number of hydrogen-bond acceptors (Lipinski definition) is 10. The normalized spacial score (nSPS) is 18.1. The molecular weight excluding hydrogens is 592 g/mol. The molecule has 234 valence electrons. The van der Waals surface area contributed by atoms with Gasteiger partial charge in [-0.1, -0.05) is 18.0 Å². The maximum absolute atomic E-state index is 13.9. The zero-order valence-corrected chi connectivity index (χ0v) is 26.2. The average molecular weight is 627 g/mol. The minimum atomic E-state index is -1.57. The Hall–Kier alpha value is -4.51. The fourth-order valence-corrected chi connectivity index (χ4v) is 5.72. The van der Waals surface area contributed by atoms with Gasteiger partial charge in [0.1, 0.15) is 45.5 Å². The number of hydrogen-bond donors (Lipinski definition) is 4. The fourth-order valence-electron chi connectivity index (χ4n) is 5.48. The maximum Gasteiger partial charge on any atom is 0.224 e. The molecule has 1 aliphatic carbocycles. The highest BCUT2D eigenvalue weighted by atomic mass is 35.5. The quantitative estimate of drug-likeness (QED) is 0.115. The molecule has 44 heavy (non-hydrogen) atoms. The van der Waals surface area contributed by atoms with Crippen LogP contribution in [-0.2, 0) is 19.8 Å². The van der Waals surface area contributed by atoms with E-state index in [9.17, 15) is 29.4 Å². The Morgan fingerprint density at radius 1 is 1.02 bits per heavy atom. The number of phenols is 2. The minimum Gasteiger partial charge on any atom is -0.507 e. The van der Waals surface area contributed by atoms with Gasteiger partial charge in [-0.25, -0.2) is 0 Å². The molecule has 1 amide bonds. The zero-order chi connectivity index (χ0) is 32.5. The van der Waals surface area contributed by atoms with E-state index >= 15 is 0 Å². The number of fused-ring (bicyclic) bond motifs is 3. The van der Waals surface area contributed by atoms with Crippen LogP contribution in [-0.4, -0.2) is 54.2 Å². The summed E-state index contributed by atoms with van der Waals surface area (Å²) in [7, 11) is 2.95. The van der Waals surface area contributed by atoms with Crippen LogP contribution >= 0.6 is 11.6 Å². The lowest BCUT2D eigenvalue weighted by atomic mass is 9.70. The molecule has 11 nitrogen and oxygen atoms in total. The third kappa shape index (κ3) is 5.59. The average Bonchev–Trinajstić information content (AvgIpc) is 3.26. The van der Waals surface area contributed by atoms with Gasteiger partial charge in [0.15, 0.2) is 17.3 Å². The summed E-state index contributed by atoms with van der Waals surface area (Å²) in [5.41, 5.74) is -0.942. The van der Waals surface area contributed by atoms with Crippen molar-refractivity contribution in [3.63, 3.8) is 0 Å². The molecular formula is C32H35ClN2O9. The van der Waals surface area contributed by atoms with Crippen molar-refractivity contribution in [2.45, 2.75) is 58.8 Å². The monoisotopic (exact) mass is 626 g/mol. The molecule has 0 saturated carbocycles. The fraction of sp³-hybridized carbons (Fsp3) is 0.375. The maximum atomic E-state index is 13.9. The van der Waals surface area contributed by atoms with E-state index in [1.54, 1.807) is 19.1 Å². The predicted octanol–water partition coefficient (Wildman–Crippen LogP) is 5.03. The number of Topliss-reactive ketones (excluding diaryl/α,β-unsaturated/α-hetero) is 2. The number of halogens is 1. The van der Waals surface area contributed by atoms with Crippen molar-refractivity contribution in [3.05, 3.63) is 57.0 Å². The molecule has 4 rings (SSSR count). The van der Waals surface area contributed by atoms with Crippen molar-refractivity contribution in [2.75, 3.05) is 26.1 Å². The number of ketones is 3. The molecule has 12 heteroatoms. The van der Waals surface area contributed by atoms with Gasteiger partial charge in [-0.2, -0.15) is 0 Å². The summed E-state index contributed by atoms with van der Waals surface area (Å²) < 4.78 is 16.3. The number of benzene rings is 2. The van der Waals surface area contributed by atoms with E-state index < -0.39 is 28.5 Å². The number of ether oxygens (including phenoxy) is 3. The van der Waals surface area contributed by atoms with E-state index in [1.165, 1.54) is 41.1 Å². The van der Waals surface area contributed by atoms with Crippen LogP contribution in [0.3, 0.4) is 0 Å². The molecule has 0 spiro atoms. The lowest BCUT2D eigenvalue weighted by Gasteiger charge is -2.29. The van der Waals surface area contributed by atoms with Crippen LogP contribution in [0.2, 0.25) is 5.02 Å². The second kappa shape index (κ2) is 12.6. The smallest absolute Gasteiger partial charge is 0.224 e. The lowest BCUT2D eigenvalue weighted by Crippen LogP contribution is -2.41. The van der Waals surface area contributed by atoms with Crippen LogP contribution in [0.1, 0.15) is 67.9 Å². The highest BCUT2D eigenvalue weighted by molar-refractivity contribution is 6.32. The second-order valence-corrected chi connectivity index (χ2v) is 11.3. The highest BCUT2D eigenvalue weighted by Crippen LogP contribution is 2.57. The van der Waals surface area contributed by atoms with Gasteiger partial charge >= 0.3 is 0 Å². The van der Waals surface area contributed by atoms with Gasteiger partial charge in [-0.05, 0) is 40.5 Å². The molecule has 1 unspecified atom stereocenters. The molecule has 0 aromatic heterocycles. The molecule has 1 aliphatic heterocycles. The third-order valence-corrected chi connectivity index (χ3v) is 8.27. The van der Waals surface area contributed by atoms with Crippen molar-refractivity contribution < 1.29 is 43.6 Å². The zero-order valence-electron chi connectivity index (χ0n) is 25.4. The first-order valence-corrected chi connectivity index (χ1v) is 14.4. The third-order valence-electron chi connectivity index (χ3n) is 7.98. The summed E-state index contributed by atoms with van der Waals surface area (Å²) in [6.07, 6.45) is 3.39. The first-order valence-electron chi connectivity index (χ1n) is 14.0. The standard InChI is InChI=1S/C32H35ClN2O9/c1-15-28(39)26(17(3)36)30-27(29(15)40)32(4)23(44-30)14-20(37)25(31(32)41)16(2)34-11-9-7-8-10-24(38)35-19-13-21(42-5)18(33)12-22(19)43-6/h12-14,34,39-40H,7-11H2,1-6H3,(H,35,38)/b25-16+. The lowest BCUT2D eigenvalue weighted by molar-refractivity contribution is -0.123. The number of nitrogens with one attached hydrogen (secondary N) is 2. The number of unbranched alkanes of at least 4 members (excludes halogenated alkanes) is 2. The number of carbonyl (C=O) groups is 4. The summed E-state index contributed by atoms with van der Waals surface area (Å²) in [5.74, 6) is -2.02. The van der Waals surface area contributed by atoms with Crippen LogP contribution in [0.5, 0.6) is 28.7 Å². The largest absolute Gasteiger partial charge is 0.507 e. The van der Waals surface area contributed by atoms with Crippen LogP contribution in [0.4, 0.5) is 5.69 Å². The van der Waals surface area contributed by atoms with Gasteiger partial charge in [-0.15, -0.1) is 0 Å². The number of aromatic hydroxyl groups is 2. The van der Waals surface area contributed by atoms with E-state index in [2.05, 4.69) is 10.6 Å². The van der Waals surface area contributed by atoms with Crippen LogP contribution in [0.15, 0.2) is 35.2 Å². The van der Waals surface area contributed by atoms with Crippen LogP contribution in [0.25, 0.3) is 0 Å². The SMILES string of the molecule is COc1cc(NC(=O)CCCCCN/C(C)=C2\C(=O)C=C3Oc4c(C(C)=O)c(O)c(C)c(O)c4C3(C)C2=O)c(OC)cc1Cl. The Labute approximate surface area is 259 Å². The van der Waals surface area contributed by atoms with Crippen molar-refractivity contribution in [3.8, 4) is 28.7 Å². The summed E-state index contributed by atoms with van der Waals surface area (Å²) in [6, 6.07) is 3.16. The van der Waals surface area contributed by atoms with Gasteiger partial charge in [0.25, 0.3) is 0 Å². The Bertz CT molecular complexity index is 1640. The summed E-state index contributed by atoms with van der Waals surface area (Å²) in [5, 5.41) is 27.7. The van der Waals surface area contributed by atoms with E-state index in [1.807, 2.05) is 0 Å². The van der Waals surface area contributed by atoms with Crippen LogP contribution < -0.4 is 24.8 Å². The number of phenolic OH excluding ortho intramolecular Hbond substituents is 2. The van der Waals surface area contributed by atoms with E-state index in [-0.39, 0.29) is 51.8 Å². The van der Waals surface area contributed by atoms with E-state index in [4.69, 9.17) is 25.8 Å². The second-order valence-electron chi connectivity index (χ2n) is 10.9. The minimum absolute atomic E-state index is 0.0187. The topological polar surface area (TPSA) is 160 Å². The number of carbonyl (C=O) groups excluding carboxylic acids is 4. The van der Waals surface area contributed by atoms with E-state index in [0.717, 1.165) is 0 Å². The van der Waals surface area contributed by atoms with Crippen molar-refractivity contribution in [2.24, 2.45) is 0 Å². The molecule has 0 fully saturated rings. The number of anilines is 1. The molecule has 4 N–H and O–H groups in total. The molecule has 0 bridgehead atoms. The molecule has 1 atom stereocenters. The summed E-state index contributed by atoms with van der Waals surface area (Å²) in [4.78, 5) is 51.8. The predicted molar refractivity (Wildman–Crippen MR) is 163 cm³/mol. The summed E-state index contributed by atoms with van der Waals surface area (Å²) in [6.45, 7) is 6.25. The number of allylic oxidation sites excluding steroid dienone is 4. The molecule has 0 radical (unpaired) electrons. The Balaban J connectivity index is 1.40. The van der Waals surface area contributed by atoms with Gasteiger partial charge in [0, 0.05) is 42.4 Å². The van der Waals surface area contributed by atoms with Gasteiger partial charge in [0.2, 0.25) is 5.91 Å². The van der Waals surface area contributed by atoms with Gasteiger partial charge in [-0.3, -0.25) is 19.2 Å².